The second-order valence-electron chi connectivity index (χ2n) is 4.87. The normalized spacial score (nSPS) is 10.8. The first-order chi connectivity index (χ1) is 10.5. The molecule has 0 radical (unpaired) electrons. The minimum absolute atomic E-state index is 0.135. The summed E-state index contributed by atoms with van der Waals surface area (Å²) >= 11 is 0. The fourth-order valence-electron chi connectivity index (χ4n) is 2.11. The van der Waals surface area contributed by atoms with Crippen LogP contribution in [0.4, 0.5) is 0 Å². The number of phenols is 1. The third kappa shape index (κ3) is 3.44. The van der Waals surface area contributed by atoms with Crippen LogP contribution in [0, 0.1) is 13.8 Å². The van der Waals surface area contributed by atoms with E-state index in [4.69, 9.17) is 4.42 Å². The molecule has 22 heavy (non-hydrogen) atoms. The third-order valence-corrected chi connectivity index (χ3v) is 3.17. The van der Waals surface area contributed by atoms with Crippen LogP contribution in [0.3, 0.4) is 0 Å². The number of nitrogens with one attached hydrogen (secondary N) is 1. The lowest BCUT2D eigenvalue weighted by Crippen LogP contribution is -2.17. The summed E-state index contributed by atoms with van der Waals surface area (Å²) in [5.74, 6) is 0.991. The van der Waals surface area contributed by atoms with Crippen LogP contribution in [0.15, 0.2) is 46.4 Å². The molecule has 5 heteroatoms. The summed E-state index contributed by atoms with van der Waals surface area (Å²) in [6.45, 7) is 7.14. The Labute approximate surface area is 129 Å². The van der Waals surface area contributed by atoms with Crippen LogP contribution >= 0.6 is 0 Å². The number of hydrogen-bond acceptors (Lipinski definition) is 4. The molecule has 0 unspecified atom stereocenters. The molecule has 0 aliphatic carbocycles. The number of amides is 1. The van der Waals surface area contributed by atoms with Gasteiger partial charge in [-0.3, -0.25) is 4.79 Å². The predicted octanol–water partition coefficient (Wildman–Crippen LogP) is 3.09. The van der Waals surface area contributed by atoms with Gasteiger partial charge in [0.2, 0.25) is 0 Å². The van der Waals surface area contributed by atoms with Gasteiger partial charge in [0, 0.05) is 5.56 Å². The SMILES string of the molecule is C=CCc1cccc(/C=N\NC(=O)c2cc(C)oc2C)c1O. The average molecular weight is 298 g/mol. The van der Waals surface area contributed by atoms with Gasteiger partial charge in [0.15, 0.2) is 0 Å². The number of carbonyl (C=O) groups excluding carboxylic acids is 1. The molecule has 0 aliphatic heterocycles. The van der Waals surface area contributed by atoms with E-state index < -0.39 is 0 Å². The summed E-state index contributed by atoms with van der Waals surface area (Å²) in [5, 5.41) is 14.0. The topological polar surface area (TPSA) is 74.8 Å². The number of hydrazone groups is 1. The number of aromatic hydroxyl groups is 1. The number of allylic oxidation sites excluding steroid dienone is 1. The molecule has 2 N–H and O–H groups in total. The number of furan rings is 1. The zero-order chi connectivity index (χ0) is 16.1. The number of rotatable bonds is 5. The quantitative estimate of drug-likeness (QED) is 0.506. The summed E-state index contributed by atoms with van der Waals surface area (Å²) in [6, 6.07) is 6.99. The third-order valence-electron chi connectivity index (χ3n) is 3.17. The largest absolute Gasteiger partial charge is 0.507 e. The van der Waals surface area contributed by atoms with Crippen LogP contribution in [-0.2, 0) is 6.42 Å². The Morgan fingerprint density at radius 1 is 1.45 bits per heavy atom. The molecule has 0 spiro atoms. The van der Waals surface area contributed by atoms with Crippen LogP contribution in [0.25, 0.3) is 0 Å². The van der Waals surface area contributed by atoms with Crippen LogP contribution in [0.1, 0.15) is 33.0 Å². The molecule has 0 saturated heterocycles. The molecule has 1 amide bonds. The van der Waals surface area contributed by atoms with Gasteiger partial charge in [-0.2, -0.15) is 5.10 Å². The molecule has 0 aliphatic rings. The van der Waals surface area contributed by atoms with E-state index in [1.54, 1.807) is 32.1 Å². The van der Waals surface area contributed by atoms with Gasteiger partial charge in [-0.05, 0) is 38.0 Å². The molecular formula is C17H18N2O3. The fraction of sp³-hybridized carbons (Fsp3) is 0.176. The van der Waals surface area contributed by atoms with Crippen molar-refractivity contribution in [3.8, 4) is 5.75 Å². The van der Waals surface area contributed by atoms with Crippen molar-refractivity contribution in [1.29, 1.82) is 0 Å². The van der Waals surface area contributed by atoms with Crippen molar-refractivity contribution >= 4 is 12.1 Å². The number of aryl methyl sites for hydroxylation is 2. The Balaban J connectivity index is 2.10. The summed E-state index contributed by atoms with van der Waals surface area (Å²) in [7, 11) is 0. The monoisotopic (exact) mass is 298 g/mol. The van der Waals surface area contributed by atoms with E-state index in [0.717, 1.165) is 5.56 Å². The Morgan fingerprint density at radius 3 is 2.86 bits per heavy atom. The highest BCUT2D eigenvalue weighted by Crippen LogP contribution is 2.21. The molecule has 2 aromatic rings. The lowest BCUT2D eigenvalue weighted by Gasteiger charge is -2.04. The van der Waals surface area contributed by atoms with Crippen LogP contribution in [0.2, 0.25) is 0 Å². The first-order valence-electron chi connectivity index (χ1n) is 6.85. The number of benzene rings is 1. The Morgan fingerprint density at radius 2 is 2.23 bits per heavy atom. The Hall–Kier alpha value is -2.82. The van der Waals surface area contributed by atoms with Crippen molar-refractivity contribution in [3.05, 3.63) is 65.1 Å². The molecule has 0 saturated carbocycles. The van der Waals surface area contributed by atoms with E-state index in [0.29, 0.717) is 29.1 Å². The maximum atomic E-state index is 12.0. The van der Waals surface area contributed by atoms with Crippen LogP contribution < -0.4 is 5.43 Å². The molecule has 5 nitrogen and oxygen atoms in total. The number of phenolic OH excluding ortho intramolecular Hbond substituents is 1. The first kappa shape index (κ1) is 15.6. The number of carbonyl (C=O) groups is 1. The molecular weight excluding hydrogens is 280 g/mol. The van der Waals surface area contributed by atoms with Gasteiger partial charge in [-0.1, -0.05) is 18.2 Å². The van der Waals surface area contributed by atoms with E-state index in [1.807, 2.05) is 12.1 Å². The highest BCUT2D eigenvalue weighted by Gasteiger charge is 2.12. The Bertz CT molecular complexity index is 730. The number of hydrogen-bond donors (Lipinski definition) is 2. The fourth-order valence-corrected chi connectivity index (χ4v) is 2.11. The summed E-state index contributed by atoms with van der Waals surface area (Å²) < 4.78 is 5.30. The van der Waals surface area contributed by atoms with E-state index in [-0.39, 0.29) is 11.7 Å². The minimum atomic E-state index is -0.354. The van der Waals surface area contributed by atoms with Crippen molar-refractivity contribution in [2.75, 3.05) is 0 Å². The maximum Gasteiger partial charge on any atom is 0.274 e. The van der Waals surface area contributed by atoms with Crippen molar-refractivity contribution in [3.63, 3.8) is 0 Å². The summed E-state index contributed by atoms with van der Waals surface area (Å²) in [5.41, 5.74) is 4.15. The lowest BCUT2D eigenvalue weighted by molar-refractivity contribution is 0.0953. The first-order valence-corrected chi connectivity index (χ1v) is 6.85. The van der Waals surface area contributed by atoms with E-state index in [2.05, 4.69) is 17.1 Å². The number of nitrogens with zero attached hydrogens (tertiary/aromatic N) is 1. The van der Waals surface area contributed by atoms with E-state index in [1.165, 1.54) is 6.21 Å². The second kappa shape index (κ2) is 6.76. The Kier molecular flexibility index (Phi) is 4.78. The molecule has 0 bridgehead atoms. The van der Waals surface area contributed by atoms with E-state index >= 15 is 0 Å². The van der Waals surface area contributed by atoms with Gasteiger partial charge < -0.3 is 9.52 Å². The van der Waals surface area contributed by atoms with Crippen molar-refractivity contribution < 1.29 is 14.3 Å². The molecule has 0 atom stereocenters. The summed E-state index contributed by atoms with van der Waals surface area (Å²) in [6.07, 6.45) is 3.68. The van der Waals surface area contributed by atoms with Gasteiger partial charge in [-0.15, -0.1) is 6.58 Å². The van der Waals surface area contributed by atoms with Crippen molar-refractivity contribution in [1.82, 2.24) is 5.43 Å². The molecule has 2 rings (SSSR count). The van der Waals surface area contributed by atoms with Crippen molar-refractivity contribution in [2.45, 2.75) is 20.3 Å². The highest BCUT2D eigenvalue weighted by molar-refractivity contribution is 5.96. The molecule has 1 aromatic carbocycles. The van der Waals surface area contributed by atoms with Gasteiger partial charge in [0.05, 0.1) is 11.8 Å². The zero-order valence-corrected chi connectivity index (χ0v) is 12.6. The van der Waals surface area contributed by atoms with Gasteiger partial charge >= 0.3 is 0 Å². The minimum Gasteiger partial charge on any atom is -0.507 e. The van der Waals surface area contributed by atoms with E-state index in [9.17, 15) is 9.90 Å². The number of para-hydroxylation sites is 1. The van der Waals surface area contributed by atoms with Gasteiger partial charge in [0.25, 0.3) is 5.91 Å². The van der Waals surface area contributed by atoms with Gasteiger partial charge in [0.1, 0.15) is 17.3 Å². The van der Waals surface area contributed by atoms with Crippen molar-refractivity contribution in [2.24, 2.45) is 5.10 Å². The maximum absolute atomic E-state index is 12.0. The van der Waals surface area contributed by atoms with Gasteiger partial charge in [-0.25, -0.2) is 5.43 Å². The zero-order valence-electron chi connectivity index (χ0n) is 12.6. The summed E-state index contributed by atoms with van der Waals surface area (Å²) in [4.78, 5) is 12.0. The molecule has 114 valence electrons. The smallest absolute Gasteiger partial charge is 0.274 e. The molecule has 0 fully saturated rings. The molecule has 1 heterocycles. The second-order valence-corrected chi connectivity index (χ2v) is 4.87. The predicted molar refractivity (Wildman–Crippen MR) is 85.3 cm³/mol. The highest BCUT2D eigenvalue weighted by atomic mass is 16.3. The molecule has 1 aromatic heterocycles. The average Bonchev–Trinajstić information content (AvgIpc) is 2.82. The standard InChI is InChI=1S/C17H18N2O3/c1-4-6-13-7-5-8-14(16(13)20)10-18-19-17(21)15-9-11(2)22-12(15)3/h4-5,7-10,20H,1,6H2,2-3H3,(H,19,21)/b18-10-. The lowest BCUT2D eigenvalue weighted by atomic mass is 10.1. The van der Waals surface area contributed by atoms with Crippen LogP contribution in [-0.4, -0.2) is 17.2 Å². The van der Waals surface area contributed by atoms with Crippen LogP contribution in [0.5, 0.6) is 5.75 Å².